The molecule has 0 spiro atoms. The van der Waals surface area contributed by atoms with Crippen LogP contribution in [0.3, 0.4) is 0 Å². The minimum Gasteiger partial charge on any atom is -0.484 e. The summed E-state index contributed by atoms with van der Waals surface area (Å²) in [6.07, 6.45) is 0. The lowest BCUT2D eigenvalue weighted by atomic mass is 10.1. The van der Waals surface area contributed by atoms with Gasteiger partial charge in [0.25, 0.3) is 11.6 Å². The molecule has 7 heteroatoms. The number of rotatable bonds is 6. The summed E-state index contributed by atoms with van der Waals surface area (Å²) in [5.41, 5.74) is 5.60. The van der Waals surface area contributed by atoms with Crippen LogP contribution in [0.4, 0.5) is 5.69 Å². The highest BCUT2D eigenvalue weighted by molar-refractivity contribution is 5.99. The van der Waals surface area contributed by atoms with Crippen LogP contribution in [0.2, 0.25) is 0 Å². The molecule has 0 saturated carbocycles. The standard InChI is InChI=1S/C18H19N3O4/c1-12-7-8-17(9-13(12)2)25-11-18(22)20-19-14(3)15-5-4-6-16(10-15)21(23)24/h4-10H,11H2,1-3H3,(H,20,22). The molecule has 0 aliphatic carbocycles. The Hall–Kier alpha value is -3.22. The molecular formula is C18H19N3O4. The van der Waals surface area contributed by atoms with Crippen LogP contribution < -0.4 is 10.2 Å². The van der Waals surface area contributed by atoms with Gasteiger partial charge >= 0.3 is 0 Å². The van der Waals surface area contributed by atoms with Crippen molar-refractivity contribution in [1.29, 1.82) is 0 Å². The maximum atomic E-state index is 11.8. The van der Waals surface area contributed by atoms with E-state index >= 15 is 0 Å². The molecule has 0 aliphatic rings. The van der Waals surface area contributed by atoms with E-state index in [0.29, 0.717) is 17.0 Å². The number of benzene rings is 2. The quantitative estimate of drug-likeness (QED) is 0.496. The number of nitro benzene ring substituents is 1. The minimum absolute atomic E-state index is 0.0311. The third kappa shape index (κ3) is 5.13. The topological polar surface area (TPSA) is 93.8 Å². The number of ether oxygens (including phenoxy) is 1. The van der Waals surface area contributed by atoms with Gasteiger partial charge in [0.1, 0.15) is 5.75 Å². The van der Waals surface area contributed by atoms with Crippen molar-refractivity contribution in [2.24, 2.45) is 5.10 Å². The zero-order chi connectivity index (χ0) is 18.4. The fourth-order valence-corrected chi connectivity index (χ4v) is 2.04. The van der Waals surface area contributed by atoms with Gasteiger partial charge in [0.15, 0.2) is 6.61 Å². The van der Waals surface area contributed by atoms with Crippen LogP contribution in [0, 0.1) is 24.0 Å². The summed E-state index contributed by atoms with van der Waals surface area (Å²) < 4.78 is 5.42. The average molecular weight is 341 g/mol. The number of non-ortho nitro benzene ring substituents is 1. The Kier molecular flexibility index (Phi) is 5.84. The number of carbonyl (C=O) groups excluding carboxylic acids is 1. The molecule has 1 N–H and O–H groups in total. The van der Waals surface area contributed by atoms with Crippen LogP contribution in [0.1, 0.15) is 23.6 Å². The highest BCUT2D eigenvalue weighted by atomic mass is 16.6. The van der Waals surface area contributed by atoms with Crippen LogP contribution in [-0.2, 0) is 4.79 Å². The molecule has 2 aromatic rings. The largest absolute Gasteiger partial charge is 0.484 e. The van der Waals surface area contributed by atoms with Gasteiger partial charge in [-0.05, 0) is 44.0 Å². The molecule has 0 fully saturated rings. The first kappa shape index (κ1) is 18.1. The number of carbonyl (C=O) groups is 1. The first-order valence-electron chi connectivity index (χ1n) is 7.65. The lowest BCUT2D eigenvalue weighted by Crippen LogP contribution is -2.25. The second-order valence-corrected chi connectivity index (χ2v) is 5.57. The van der Waals surface area contributed by atoms with Crippen molar-refractivity contribution in [2.75, 3.05) is 6.61 Å². The summed E-state index contributed by atoms with van der Waals surface area (Å²) in [5.74, 6) is 0.195. The predicted octanol–water partition coefficient (Wildman–Crippen LogP) is 3.13. The highest BCUT2D eigenvalue weighted by Gasteiger charge is 2.08. The molecule has 25 heavy (non-hydrogen) atoms. The third-order valence-corrected chi connectivity index (χ3v) is 3.67. The van der Waals surface area contributed by atoms with E-state index < -0.39 is 10.8 Å². The van der Waals surface area contributed by atoms with E-state index in [-0.39, 0.29) is 12.3 Å². The number of nitrogens with zero attached hydrogens (tertiary/aromatic N) is 2. The molecule has 0 radical (unpaired) electrons. The summed E-state index contributed by atoms with van der Waals surface area (Å²) in [6.45, 7) is 5.45. The molecule has 0 aliphatic heterocycles. The molecule has 0 bridgehead atoms. The average Bonchev–Trinajstić information content (AvgIpc) is 2.60. The minimum atomic E-state index is -0.479. The molecule has 0 unspecified atom stereocenters. The van der Waals surface area contributed by atoms with Gasteiger partial charge in [-0.1, -0.05) is 18.2 Å². The molecule has 0 saturated heterocycles. The van der Waals surface area contributed by atoms with Crippen molar-refractivity contribution in [3.63, 3.8) is 0 Å². The van der Waals surface area contributed by atoms with E-state index in [1.807, 2.05) is 26.0 Å². The lowest BCUT2D eigenvalue weighted by Gasteiger charge is -2.08. The van der Waals surface area contributed by atoms with Crippen molar-refractivity contribution in [2.45, 2.75) is 20.8 Å². The normalized spacial score (nSPS) is 11.1. The molecule has 130 valence electrons. The van der Waals surface area contributed by atoms with Crippen LogP contribution in [0.15, 0.2) is 47.6 Å². The van der Waals surface area contributed by atoms with Crippen molar-refractivity contribution >= 4 is 17.3 Å². The zero-order valence-electron chi connectivity index (χ0n) is 14.3. The lowest BCUT2D eigenvalue weighted by molar-refractivity contribution is -0.384. The second-order valence-electron chi connectivity index (χ2n) is 5.57. The SMILES string of the molecule is CC(=NNC(=O)COc1ccc(C)c(C)c1)c1cccc([N+](=O)[O-])c1. The number of nitro groups is 1. The Morgan fingerprint density at radius 3 is 2.64 bits per heavy atom. The van der Waals surface area contributed by atoms with Gasteiger partial charge in [-0.15, -0.1) is 0 Å². The van der Waals surface area contributed by atoms with Gasteiger partial charge in [-0.3, -0.25) is 14.9 Å². The van der Waals surface area contributed by atoms with Crippen LogP contribution in [0.5, 0.6) is 5.75 Å². The number of hydrogen-bond acceptors (Lipinski definition) is 5. The smallest absolute Gasteiger partial charge is 0.277 e. The van der Waals surface area contributed by atoms with E-state index in [1.165, 1.54) is 12.1 Å². The molecular weight excluding hydrogens is 322 g/mol. The van der Waals surface area contributed by atoms with Crippen molar-refractivity contribution < 1.29 is 14.5 Å². The Morgan fingerprint density at radius 2 is 1.96 bits per heavy atom. The second kappa shape index (κ2) is 8.05. The van der Waals surface area contributed by atoms with Gasteiger partial charge in [0, 0.05) is 17.7 Å². The van der Waals surface area contributed by atoms with Crippen molar-refractivity contribution in [3.05, 3.63) is 69.3 Å². The van der Waals surface area contributed by atoms with E-state index in [0.717, 1.165) is 11.1 Å². The highest BCUT2D eigenvalue weighted by Crippen LogP contribution is 2.16. The zero-order valence-corrected chi connectivity index (χ0v) is 14.3. The van der Waals surface area contributed by atoms with Gasteiger partial charge < -0.3 is 4.74 Å². The predicted molar refractivity (Wildman–Crippen MR) is 94.9 cm³/mol. The van der Waals surface area contributed by atoms with E-state index in [2.05, 4.69) is 10.5 Å². The molecule has 2 aromatic carbocycles. The molecule has 1 amide bonds. The third-order valence-electron chi connectivity index (χ3n) is 3.67. The van der Waals surface area contributed by atoms with Gasteiger partial charge in [-0.2, -0.15) is 5.10 Å². The van der Waals surface area contributed by atoms with E-state index in [9.17, 15) is 14.9 Å². The van der Waals surface area contributed by atoms with Crippen LogP contribution >= 0.6 is 0 Å². The summed E-state index contributed by atoms with van der Waals surface area (Å²) in [7, 11) is 0. The van der Waals surface area contributed by atoms with Gasteiger partial charge in [0.2, 0.25) is 0 Å². The number of hydrazone groups is 1. The van der Waals surface area contributed by atoms with Crippen LogP contribution in [0.25, 0.3) is 0 Å². The van der Waals surface area contributed by atoms with Crippen molar-refractivity contribution in [3.8, 4) is 5.75 Å². The molecule has 0 aromatic heterocycles. The fraction of sp³-hybridized carbons (Fsp3) is 0.222. The number of nitrogens with one attached hydrogen (secondary N) is 1. The number of hydrogen-bond donors (Lipinski definition) is 1. The summed E-state index contributed by atoms with van der Waals surface area (Å²) in [6, 6.07) is 11.6. The molecule has 2 rings (SSSR count). The Balaban J connectivity index is 1.93. The first-order chi connectivity index (χ1) is 11.9. The summed E-state index contributed by atoms with van der Waals surface area (Å²) in [5, 5.41) is 14.7. The Labute approximate surface area is 145 Å². The van der Waals surface area contributed by atoms with Gasteiger partial charge in [0.05, 0.1) is 10.6 Å². The first-order valence-corrected chi connectivity index (χ1v) is 7.65. The summed E-state index contributed by atoms with van der Waals surface area (Å²) >= 11 is 0. The maximum Gasteiger partial charge on any atom is 0.277 e. The molecule has 7 nitrogen and oxygen atoms in total. The summed E-state index contributed by atoms with van der Waals surface area (Å²) in [4.78, 5) is 22.1. The molecule has 0 atom stereocenters. The maximum absolute atomic E-state index is 11.8. The molecule has 0 heterocycles. The Bertz CT molecular complexity index is 831. The fourth-order valence-electron chi connectivity index (χ4n) is 2.04. The van der Waals surface area contributed by atoms with E-state index in [1.54, 1.807) is 25.1 Å². The van der Waals surface area contributed by atoms with Crippen molar-refractivity contribution in [1.82, 2.24) is 5.43 Å². The number of amides is 1. The monoisotopic (exact) mass is 341 g/mol. The van der Waals surface area contributed by atoms with E-state index in [4.69, 9.17) is 4.74 Å². The van der Waals surface area contributed by atoms with Gasteiger partial charge in [-0.25, -0.2) is 5.43 Å². The Morgan fingerprint density at radius 1 is 1.20 bits per heavy atom. The number of aryl methyl sites for hydroxylation is 2. The van der Waals surface area contributed by atoms with Crippen LogP contribution in [-0.4, -0.2) is 23.1 Å².